The number of nitrogens with zero attached hydrogens (tertiary/aromatic N) is 1. The van der Waals surface area contributed by atoms with Crippen LogP contribution in [0.4, 0.5) is 16.3 Å². The molecule has 0 unspecified atom stereocenters. The number of anilines is 2. The lowest BCUT2D eigenvalue weighted by atomic mass is 10.3. The fourth-order valence-corrected chi connectivity index (χ4v) is 1.30. The van der Waals surface area contributed by atoms with Crippen LogP contribution in [-0.2, 0) is 0 Å². The first-order valence-electron chi connectivity index (χ1n) is 5.07. The van der Waals surface area contributed by atoms with E-state index in [0.717, 1.165) is 0 Å². The number of urea groups is 1. The number of carbonyl (C=O) groups is 2. The summed E-state index contributed by atoms with van der Waals surface area (Å²) in [6, 6.07) is 9.59. The van der Waals surface area contributed by atoms with E-state index in [0.29, 0.717) is 5.69 Å². The molecule has 0 bridgehead atoms. The van der Waals surface area contributed by atoms with Gasteiger partial charge in [-0.25, -0.2) is 9.59 Å². The molecular formula is C11H10N4O3. The third-order valence-corrected chi connectivity index (χ3v) is 2.08. The largest absolute Gasteiger partial charge is 0.477 e. The molecule has 0 saturated carbocycles. The summed E-state index contributed by atoms with van der Waals surface area (Å²) < 4.78 is 0. The van der Waals surface area contributed by atoms with Crippen molar-refractivity contribution in [2.24, 2.45) is 0 Å². The summed E-state index contributed by atoms with van der Waals surface area (Å²) in [4.78, 5) is 22.1. The highest BCUT2D eigenvalue weighted by molar-refractivity contribution is 5.99. The third kappa shape index (κ3) is 2.85. The first kappa shape index (κ1) is 11.6. The molecule has 7 heteroatoms. The summed E-state index contributed by atoms with van der Waals surface area (Å²) in [5.74, 6) is -1.00. The average molecular weight is 246 g/mol. The zero-order valence-electron chi connectivity index (χ0n) is 9.18. The molecule has 0 aliphatic heterocycles. The van der Waals surface area contributed by atoms with Crippen LogP contribution in [-0.4, -0.2) is 27.3 Å². The van der Waals surface area contributed by atoms with Gasteiger partial charge in [-0.1, -0.05) is 18.2 Å². The minimum absolute atomic E-state index is 0.0926. The summed E-state index contributed by atoms with van der Waals surface area (Å²) in [5.41, 5.74) is 0.536. The molecule has 0 atom stereocenters. The van der Waals surface area contributed by atoms with Crippen molar-refractivity contribution < 1.29 is 14.7 Å². The van der Waals surface area contributed by atoms with Crippen LogP contribution in [0.15, 0.2) is 36.4 Å². The number of hydrogen-bond acceptors (Lipinski definition) is 3. The number of H-pyrrole nitrogens is 1. The number of benzene rings is 1. The van der Waals surface area contributed by atoms with Gasteiger partial charge in [-0.05, 0) is 12.1 Å². The smallest absolute Gasteiger partial charge is 0.353 e. The van der Waals surface area contributed by atoms with Gasteiger partial charge in [0.25, 0.3) is 0 Å². The van der Waals surface area contributed by atoms with Crippen LogP contribution in [0.25, 0.3) is 0 Å². The quantitative estimate of drug-likeness (QED) is 0.661. The van der Waals surface area contributed by atoms with E-state index in [-0.39, 0.29) is 11.5 Å². The second-order valence-corrected chi connectivity index (χ2v) is 3.42. The average Bonchev–Trinajstić information content (AvgIpc) is 2.78. The van der Waals surface area contributed by atoms with Crippen molar-refractivity contribution >= 4 is 23.5 Å². The van der Waals surface area contributed by atoms with E-state index in [4.69, 9.17) is 5.11 Å². The zero-order valence-corrected chi connectivity index (χ0v) is 9.18. The molecule has 0 spiro atoms. The van der Waals surface area contributed by atoms with Crippen LogP contribution in [0, 0.1) is 0 Å². The van der Waals surface area contributed by atoms with Gasteiger partial charge in [0.1, 0.15) is 5.69 Å². The Balaban J connectivity index is 1.97. The molecule has 2 aromatic rings. The molecule has 0 fully saturated rings. The number of nitrogens with one attached hydrogen (secondary N) is 3. The maximum Gasteiger partial charge on any atom is 0.353 e. The van der Waals surface area contributed by atoms with E-state index in [1.54, 1.807) is 24.3 Å². The number of amides is 2. The van der Waals surface area contributed by atoms with Gasteiger partial charge < -0.3 is 10.4 Å². The second kappa shape index (κ2) is 5.00. The normalized spacial score (nSPS) is 9.78. The van der Waals surface area contributed by atoms with Gasteiger partial charge in [-0.15, -0.1) is 0 Å². The van der Waals surface area contributed by atoms with Gasteiger partial charge >= 0.3 is 12.0 Å². The number of para-hydroxylation sites is 1. The standard InChI is InChI=1S/C11H10N4O3/c16-10(17)8-6-9(15-14-8)13-11(18)12-7-4-2-1-3-5-7/h1-6H,(H,16,17)(H3,12,13,14,15,18). The van der Waals surface area contributed by atoms with Crippen LogP contribution in [0.3, 0.4) is 0 Å². The fraction of sp³-hybridized carbons (Fsp3) is 0. The van der Waals surface area contributed by atoms with Crippen LogP contribution in [0.5, 0.6) is 0 Å². The van der Waals surface area contributed by atoms with Gasteiger partial charge in [-0.3, -0.25) is 10.4 Å². The Hall–Kier alpha value is -2.83. The number of aromatic amines is 1. The summed E-state index contributed by atoms with van der Waals surface area (Å²) >= 11 is 0. The minimum atomic E-state index is -1.14. The molecule has 2 rings (SSSR count). The number of rotatable bonds is 3. The predicted molar refractivity (Wildman–Crippen MR) is 64.6 cm³/mol. The van der Waals surface area contributed by atoms with Crippen LogP contribution in [0.2, 0.25) is 0 Å². The zero-order chi connectivity index (χ0) is 13.0. The number of aromatic nitrogens is 2. The Morgan fingerprint density at radius 2 is 1.89 bits per heavy atom. The molecule has 92 valence electrons. The highest BCUT2D eigenvalue weighted by Gasteiger charge is 2.09. The molecule has 18 heavy (non-hydrogen) atoms. The van der Waals surface area contributed by atoms with Gasteiger partial charge in [0.2, 0.25) is 0 Å². The lowest BCUT2D eigenvalue weighted by molar-refractivity contribution is 0.0690. The first-order chi connectivity index (χ1) is 8.65. The topological polar surface area (TPSA) is 107 Å². The molecule has 1 heterocycles. The molecule has 7 nitrogen and oxygen atoms in total. The molecule has 0 aliphatic carbocycles. The Kier molecular flexibility index (Phi) is 3.24. The molecule has 4 N–H and O–H groups in total. The summed E-state index contributed by atoms with van der Waals surface area (Å²) in [6.45, 7) is 0. The van der Waals surface area contributed by atoms with Gasteiger partial charge in [0.05, 0.1) is 0 Å². The Labute approximate surface area is 102 Å². The molecule has 0 aliphatic rings. The number of carboxylic acids is 1. The van der Waals surface area contributed by atoms with Crippen molar-refractivity contribution in [2.45, 2.75) is 0 Å². The van der Waals surface area contributed by atoms with Crippen LogP contribution >= 0.6 is 0 Å². The highest BCUT2D eigenvalue weighted by Crippen LogP contribution is 2.08. The molecule has 1 aromatic heterocycles. The molecule has 1 aromatic carbocycles. The van der Waals surface area contributed by atoms with Crippen LogP contribution in [0.1, 0.15) is 10.5 Å². The number of carbonyl (C=O) groups excluding carboxylic acids is 1. The number of aromatic carboxylic acids is 1. The summed E-state index contributed by atoms with van der Waals surface area (Å²) in [6.07, 6.45) is 0. The highest BCUT2D eigenvalue weighted by atomic mass is 16.4. The minimum Gasteiger partial charge on any atom is -0.477 e. The van der Waals surface area contributed by atoms with E-state index >= 15 is 0 Å². The SMILES string of the molecule is O=C(Nc1ccccc1)Nc1cc(C(=O)O)[nH]n1. The summed E-state index contributed by atoms with van der Waals surface area (Å²) in [5, 5.41) is 19.6. The van der Waals surface area contributed by atoms with Gasteiger partial charge in [0, 0.05) is 11.8 Å². The monoisotopic (exact) mass is 246 g/mol. The molecule has 0 radical (unpaired) electrons. The van der Waals surface area contributed by atoms with Crippen molar-refractivity contribution in [1.29, 1.82) is 0 Å². The maximum atomic E-state index is 11.5. The maximum absolute atomic E-state index is 11.5. The Morgan fingerprint density at radius 1 is 1.17 bits per heavy atom. The Bertz CT molecular complexity index is 565. The molecular weight excluding hydrogens is 236 g/mol. The van der Waals surface area contributed by atoms with E-state index in [1.807, 2.05) is 6.07 Å². The van der Waals surface area contributed by atoms with E-state index in [2.05, 4.69) is 20.8 Å². The molecule has 2 amide bonds. The third-order valence-electron chi connectivity index (χ3n) is 2.08. The number of carboxylic acid groups (broad SMARTS) is 1. The first-order valence-corrected chi connectivity index (χ1v) is 5.07. The van der Waals surface area contributed by atoms with Crippen molar-refractivity contribution in [3.8, 4) is 0 Å². The summed E-state index contributed by atoms with van der Waals surface area (Å²) in [7, 11) is 0. The van der Waals surface area contributed by atoms with Crippen molar-refractivity contribution in [3.05, 3.63) is 42.1 Å². The predicted octanol–water partition coefficient (Wildman–Crippen LogP) is 1.75. The van der Waals surface area contributed by atoms with Crippen molar-refractivity contribution in [1.82, 2.24) is 10.2 Å². The lowest BCUT2D eigenvalue weighted by Crippen LogP contribution is -2.19. The second-order valence-electron chi connectivity index (χ2n) is 3.42. The van der Waals surface area contributed by atoms with Crippen LogP contribution < -0.4 is 10.6 Å². The van der Waals surface area contributed by atoms with E-state index in [9.17, 15) is 9.59 Å². The fourth-order valence-electron chi connectivity index (χ4n) is 1.30. The van der Waals surface area contributed by atoms with E-state index < -0.39 is 12.0 Å². The van der Waals surface area contributed by atoms with Gasteiger partial charge in [-0.2, -0.15) is 5.10 Å². The van der Waals surface area contributed by atoms with Crippen molar-refractivity contribution in [3.63, 3.8) is 0 Å². The number of hydrogen-bond donors (Lipinski definition) is 4. The molecule has 0 saturated heterocycles. The Morgan fingerprint density at radius 3 is 2.50 bits per heavy atom. The van der Waals surface area contributed by atoms with Gasteiger partial charge in [0.15, 0.2) is 5.82 Å². The van der Waals surface area contributed by atoms with E-state index in [1.165, 1.54) is 6.07 Å². The van der Waals surface area contributed by atoms with Crippen molar-refractivity contribution in [2.75, 3.05) is 10.6 Å². The lowest BCUT2D eigenvalue weighted by Gasteiger charge is -2.04.